The van der Waals surface area contributed by atoms with Crippen molar-refractivity contribution in [2.45, 2.75) is 58.8 Å². The molecular weight excluding hydrogens is 567 g/mol. The molecule has 0 spiro atoms. The van der Waals surface area contributed by atoms with Crippen molar-refractivity contribution >= 4 is 29.3 Å². The Bertz CT molecular complexity index is 1410. The van der Waals surface area contributed by atoms with Gasteiger partial charge in [0.2, 0.25) is 11.8 Å². The molecule has 0 bridgehead atoms. The van der Waals surface area contributed by atoms with E-state index in [1.807, 2.05) is 30.3 Å². The van der Waals surface area contributed by atoms with E-state index in [1.54, 1.807) is 9.47 Å². The van der Waals surface area contributed by atoms with Gasteiger partial charge < -0.3 is 30.6 Å². The van der Waals surface area contributed by atoms with Gasteiger partial charge in [0.25, 0.3) is 5.91 Å². The van der Waals surface area contributed by atoms with E-state index in [0.29, 0.717) is 31.5 Å². The van der Waals surface area contributed by atoms with Crippen molar-refractivity contribution in [1.29, 1.82) is 0 Å². The number of nitrogens with one attached hydrogen (secondary N) is 2. The normalized spacial score (nSPS) is 14.3. The number of ketones is 1. The van der Waals surface area contributed by atoms with E-state index in [0.717, 1.165) is 5.56 Å². The molecule has 1 fully saturated rings. The summed E-state index contributed by atoms with van der Waals surface area (Å²) in [6, 6.07) is 13.9. The van der Waals surface area contributed by atoms with Gasteiger partial charge in [0.15, 0.2) is 11.6 Å². The number of aromatic nitrogens is 2. The highest BCUT2D eigenvalue weighted by atomic mass is 19.1. The van der Waals surface area contributed by atoms with Gasteiger partial charge >= 0.3 is 0 Å². The maximum atomic E-state index is 13.2. The van der Waals surface area contributed by atoms with Crippen molar-refractivity contribution in [3.8, 4) is 0 Å². The van der Waals surface area contributed by atoms with E-state index in [-0.39, 0.29) is 50.6 Å². The predicted molar refractivity (Wildman–Crippen MR) is 164 cm³/mol. The van der Waals surface area contributed by atoms with Gasteiger partial charge in [0.1, 0.15) is 18.4 Å². The molecule has 0 radical (unpaired) electrons. The van der Waals surface area contributed by atoms with E-state index in [2.05, 4.69) is 15.6 Å². The SMILES string of the molecule is C.CC(C)(N)C(=O)N[C@H](COCc1ccccc1)C(=O)Nc1cn(CC(=O)N2CCC(C(=O)c3ccc(F)cc3)CC2)cn1. The molecule has 0 unspecified atom stereocenters. The Morgan fingerprint density at radius 2 is 1.73 bits per heavy atom. The maximum Gasteiger partial charge on any atom is 0.250 e. The van der Waals surface area contributed by atoms with Crippen molar-refractivity contribution in [3.05, 3.63) is 84.1 Å². The fraction of sp³-hybridized carbons (Fsp3) is 0.406. The molecule has 0 aliphatic carbocycles. The molecule has 1 aliphatic rings. The lowest BCUT2D eigenvalue weighted by Crippen LogP contribution is -2.56. The average Bonchev–Trinajstić information content (AvgIpc) is 3.43. The molecule has 3 aromatic rings. The van der Waals surface area contributed by atoms with Crippen molar-refractivity contribution in [2.75, 3.05) is 25.0 Å². The first-order chi connectivity index (χ1) is 20.5. The van der Waals surface area contributed by atoms with Gasteiger partial charge in [0.05, 0.1) is 25.1 Å². The molecular formula is C32H41FN6O5. The highest BCUT2D eigenvalue weighted by molar-refractivity contribution is 5.98. The molecule has 1 aliphatic heterocycles. The Balaban J connectivity index is 0.00000529. The van der Waals surface area contributed by atoms with Gasteiger partial charge in [-0.15, -0.1) is 0 Å². The van der Waals surface area contributed by atoms with Crippen molar-refractivity contribution in [1.82, 2.24) is 19.8 Å². The zero-order valence-corrected chi connectivity index (χ0v) is 24.3. The quantitative estimate of drug-likeness (QED) is 0.268. The highest BCUT2D eigenvalue weighted by Crippen LogP contribution is 2.22. The average molecular weight is 609 g/mol. The number of carbonyl (C=O) groups excluding carboxylic acids is 4. The minimum Gasteiger partial charge on any atom is -0.374 e. The minimum atomic E-state index is -1.21. The Labute approximate surface area is 257 Å². The molecule has 1 aromatic heterocycles. The Morgan fingerprint density at radius 1 is 1.07 bits per heavy atom. The van der Waals surface area contributed by atoms with Crippen LogP contribution in [-0.4, -0.2) is 69.2 Å². The summed E-state index contributed by atoms with van der Waals surface area (Å²) >= 11 is 0. The Kier molecular flexibility index (Phi) is 11.9. The maximum absolute atomic E-state index is 13.2. The van der Waals surface area contributed by atoms with Crippen molar-refractivity contribution in [3.63, 3.8) is 0 Å². The summed E-state index contributed by atoms with van der Waals surface area (Å²) in [5, 5.41) is 5.30. The summed E-state index contributed by atoms with van der Waals surface area (Å²) in [6.07, 6.45) is 4.00. The summed E-state index contributed by atoms with van der Waals surface area (Å²) < 4.78 is 20.4. The predicted octanol–water partition coefficient (Wildman–Crippen LogP) is 3.16. The number of carbonyl (C=O) groups is 4. The molecule has 11 nitrogen and oxygen atoms in total. The molecule has 2 aromatic carbocycles. The molecule has 4 rings (SSSR count). The van der Waals surface area contributed by atoms with Crippen LogP contribution in [-0.2, 0) is 32.3 Å². The van der Waals surface area contributed by atoms with Crippen molar-refractivity contribution < 1.29 is 28.3 Å². The zero-order valence-electron chi connectivity index (χ0n) is 24.3. The van der Waals surface area contributed by atoms with Crippen LogP contribution < -0.4 is 16.4 Å². The number of Topliss-reactive ketones (excluding diaryl/α,β-unsaturated/α-hetero) is 1. The second kappa shape index (κ2) is 15.3. The van der Waals surface area contributed by atoms with E-state index in [9.17, 15) is 23.6 Å². The van der Waals surface area contributed by atoms with Crippen LogP contribution >= 0.6 is 0 Å². The number of nitrogens with zero attached hydrogens (tertiary/aromatic N) is 3. The number of anilines is 1. The molecule has 1 atom stereocenters. The van der Waals surface area contributed by atoms with Gasteiger partial charge in [-0.25, -0.2) is 9.37 Å². The molecule has 3 amide bonds. The third-order valence-electron chi connectivity index (χ3n) is 7.15. The van der Waals surface area contributed by atoms with E-state index >= 15 is 0 Å². The highest BCUT2D eigenvalue weighted by Gasteiger charge is 2.30. The zero-order chi connectivity index (χ0) is 31.0. The molecule has 0 saturated carbocycles. The number of rotatable bonds is 12. The first-order valence-corrected chi connectivity index (χ1v) is 14.1. The number of amides is 3. The van der Waals surface area contributed by atoms with E-state index in [1.165, 1.54) is 50.6 Å². The number of hydrogen-bond acceptors (Lipinski definition) is 7. The molecule has 4 N–H and O–H groups in total. The van der Waals surface area contributed by atoms with Crippen LogP contribution in [0.3, 0.4) is 0 Å². The number of benzene rings is 2. The lowest BCUT2D eigenvalue weighted by molar-refractivity contribution is -0.133. The van der Waals surface area contributed by atoms with E-state index < -0.39 is 29.2 Å². The monoisotopic (exact) mass is 608 g/mol. The number of likely N-dealkylation sites (tertiary alicyclic amines) is 1. The molecule has 44 heavy (non-hydrogen) atoms. The van der Waals surface area contributed by atoms with Crippen LogP contribution in [0.2, 0.25) is 0 Å². The number of piperidine rings is 1. The lowest BCUT2D eigenvalue weighted by Gasteiger charge is -2.31. The van der Waals surface area contributed by atoms with Crippen LogP contribution in [0.1, 0.15) is 50.0 Å². The molecule has 1 saturated heterocycles. The van der Waals surface area contributed by atoms with Crippen LogP contribution in [0.15, 0.2) is 67.1 Å². The third-order valence-corrected chi connectivity index (χ3v) is 7.15. The Hall–Kier alpha value is -4.42. The van der Waals surface area contributed by atoms with Gasteiger partial charge in [0, 0.05) is 30.8 Å². The van der Waals surface area contributed by atoms with Gasteiger partial charge in [-0.1, -0.05) is 37.8 Å². The van der Waals surface area contributed by atoms with Crippen LogP contribution in [0, 0.1) is 11.7 Å². The van der Waals surface area contributed by atoms with Crippen LogP contribution in [0.25, 0.3) is 0 Å². The number of imidazole rings is 1. The summed E-state index contributed by atoms with van der Waals surface area (Å²) in [4.78, 5) is 57.1. The fourth-order valence-corrected chi connectivity index (χ4v) is 4.62. The second-order valence-corrected chi connectivity index (χ2v) is 11.2. The van der Waals surface area contributed by atoms with Gasteiger partial charge in [-0.3, -0.25) is 19.2 Å². The molecule has 12 heteroatoms. The smallest absolute Gasteiger partial charge is 0.250 e. The van der Waals surface area contributed by atoms with Gasteiger partial charge in [-0.05, 0) is 56.5 Å². The fourth-order valence-electron chi connectivity index (χ4n) is 4.62. The largest absolute Gasteiger partial charge is 0.374 e. The summed E-state index contributed by atoms with van der Waals surface area (Å²) in [5.41, 5.74) is 6.08. The summed E-state index contributed by atoms with van der Waals surface area (Å²) in [5.74, 6) is -1.67. The lowest BCUT2D eigenvalue weighted by atomic mass is 9.89. The van der Waals surface area contributed by atoms with Gasteiger partial charge in [-0.2, -0.15) is 0 Å². The Morgan fingerprint density at radius 3 is 2.36 bits per heavy atom. The molecule has 236 valence electrons. The van der Waals surface area contributed by atoms with E-state index in [4.69, 9.17) is 10.5 Å². The second-order valence-electron chi connectivity index (χ2n) is 11.2. The van der Waals surface area contributed by atoms with Crippen LogP contribution in [0.5, 0.6) is 0 Å². The number of nitrogens with two attached hydrogens (primary N) is 1. The number of ether oxygens (including phenoxy) is 1. The van der Waals surface area contributed by atoms with Crippen molar-refractivity contribution in [2.24, 2.45) is 11.7 Å². The first-order valence-electron chi connectivity index (χ1n) is 14.1. The molecule has 2 heterocycles. The standard InChI is InChI=1S/C31H37FN6O5.CH4/c1-31(2,33)30(42)35-25(19-43-18-21-6-4-3-5-7-21)29(41)36-26-16-37(20-34-26)17-27(39)38-14-12-23(13-15-38)28(40)22-8-10-24(32)11-9-22;/h3-11,16,20,23,25H,12-15,17-19,33H2,1-2H3,(H,35,42)(H,36,41);1H4/t25-;/m1./s1. The topological polar surface area (TPSA) is 149 Å². The first kappa shape index (κ1) is 34.1. The third kappa shape index (κ3) is 9.55. The summed E-state index contributed by atoms with van der Waals surface area (Å²) in [7, 11) is 0. The summed E-state index contributed by atoms with van der Waals surface area (Å²) in [6.45, 7) is 4.08. The number of halogens is 1. The minimum absolute atomic E-state index is 0. The van der Waals surface area contributed by atoms with Crippen LogP contribution in [0.4, 0.5) is 10.2 Å². The number of hydrogen-bond donors (Lipinski definition) is 3.